The lowest BCUT2D eigenvalue weighted by Gasteiger charge is -2.06. The number of carbonyl (C=O) groups is 2. The molecule has 0 aliphatic heterocycles. The number of carbonyl (C=O) groups excluding carboxylic acids is 1. The van der Waals surface area contributed by atoms with E-state index in [1.54, 1.807) is 6.07 Å². The Morgan fingerprint density at radius 1 is 1.47 bits per heavy atom. The second kappa shape index (κ2) is 6.15. The van der Waals surface area contributed by atoms with Crippen LogP contribution in [0, 0.1) is 0 Å². The van der Waals surface area contributed by atoms with E-state index in [-0.39, 0.29) is 18.0 Å². The minimum atomic E-state index is -1.00. The fourth-order valence-electron chi connectivity index (χ4n) is 1.14. The number of esters is 1. The number of anilines is 1. The van der Waals surface area contributed by atoms with E-state index in [9.17, 15) is 9.59 Å². The molecule has 0 aromatic heterocycles. The normalized spacial score (nSPS) is 9.94. The lowest BCUT2D eigenvalue weighted by molar-refractivity contribution is -0.140. The van der Waals surface area contributed by atoms with Crippen molar-refractivity contribution in [3.63, 3.8) is 0 Å². The smallest absolute Gasteiger partial charge is 0.335 e. The van der Waals surface area contributed by atoms with Gasteiger partial charge in [-0.15, -0.1) is 11.8 Å². The first-order valence-electron chi connectivity index (χ1n) is 4.87. The van der Waals surface area contributed by atoms with Crippen molar-refractivity contribution in [2.75, 3.05) is 18.6 Å². The summed E-state index contributed by atoms with van der Waals surface area (Å²) in [6, 6.07) is 4.49. The summed E-state index contributed by atoms with van der Waals surface area (Å²) in [5, 5.41) is 8.83. The minimum absolute atomic E-state index is 0.180. The zero-order chi connectivity index (χ0) is 12.8. The molecule has 1 aromatic rings. The van der Waals surface area contributed by atoms with Crippen molar-refractivity contribution in [3.8, 4) is 0 Å². The molecular formula is C11H13NO4S. The second-order valence-corrected chi connectivity index (χ2v) is 4.37. The largest absolute Gasteiger partial charge is 0.478 e. The van der Waals surface area contributed by atoms with Crippen molar-refractivity contribution in [3.05, 3.63) is 23.8 Å². The number of rotatable bonds is 5. The molecule has 3 N–H and O–H groups in total. The quantitative estimate of drug-likeness (QED) is 0.472. The summed E-state index contributed by atoms with van der Waals surface area (Å²) >= 11 is 1.33. The van der Waals surface area contributed by atoms with Crippen LogP contribution in [0.5, 0.6) is 0 Å². The maximum atomic E-state index is 10.9. The highest BCUT2D eigenvalue weighted by atomic mass is 32.2. The average Bonchev–Trinajstić information content (AvgIpc) is 2.30. The van der Waals surface area contributed by atoms with Crippen LogP contribution in [-0.2, 0) is 9.53 Å². The van der Waals surface area contributed by atoms with Crippen molar-refractivity contribution in [2.24, 2.45) is 0 Å². The average molecular weight is 255 g/mol. The second-order valence-electron chi connectivity index (χ2n) is 3.23. The van der Waals surface area contributed by atoms with Crippen LogP contribution in [0.4, 0.5) is 5.69 Å². The van der Waals surface area contributed by atoms with Gasteiger partial charge in [0.15, 0.2) is 0 Å². The first kappa shape index (κ1) is 13.4. The topological polar surface area (TPSA) is 89.6 Å². The highest BCUT2D eigenvalue weighted by Crippen LogP contribution is 2.26. The van der Waals surface area contributed by atoms with Crippen LogP contribution in [0.25, 0.3) is 0 Å². The van der Waals surface area contributed by atoms with Gasteiger partial charge in [-0.25, -0.2) is 4.79 Å². The number of hydrogen-bond donors (Lipinski definition) is 2. The molecule has 0 atom stereocenters. The lowest BCUT2D eigenvalue weighted by atomic mass is 10.2. The van der Waals surface area contributed by atoms with Crippen LogP contribution >= 0.6 is 11.8 Å². The predicted octanol–water partition coefficient (Wildman–Crippen LogP) is 1.62. The Labute approximate surface area is 103 Å². The Bertz CT molecular complexity index is 433. The van der Waals surface area contributed by atoms with Crippen LogP contribution in [0.2, 0.25) is 0 Å². The van der Waals surface area contributed by atoms with Gasteiger partial charge < -0.3 is 15.6 Å². The zero-order valence-corrected chi connectivity index (χ0v) is 10.1. The molecule has 0 amide bonds. The summed E-state index contributed by atoms with van der Waals surface area (Å²) in [5.74, 6) is -0.801. The zero-order valence-electron chi connectivity index (χ0n) is 9.30. The van der Waals surface area contributed by atoms with Gasteiger partial charge in [-0.3, -0.25) is 4.79 Å². The first-order chi connectivity index (χ1) is 8.04. The van der Waals surface area contributed by atoms with Crippen molar-refractivity contribution in [1.82, 2.24) is 0 Å². The Balaban J connectivity index is 2.66. The van der Waals surface area contributed by atoms with Crippen molar-refractivity contribution < 1.29 is 19.4 Å². The highest BCUT2D eigenvalue weighted by molar-refractivity contribution is 7.99. The van der Waals surface area contributed by atoms with Gasteiger partial charge in [0.05, 0.1) is 19.1 Å². The Kier molecular flexibility index (Phi) is 4.84. The molecule has 0 bridgehead atoms. The van der Waals surface area contributed by atoms with Gasteiger partial charge in [-0.05, 0) is 18.2 Å². The van der Waals surface area contributed by atoms with Crippen LogP contribution in [-0.4, -0.2) is 29.9 Å². The summed E-state index contributed by atoms with van der Waals surface area (Å²) in [7, 11) is 1.33. The molecule has 0 spiro atoms. The lowest BCUT2D eigenvalue weighted by Crippen LogP contribution is -2.02. The number of ether oxygens (including phenoxy) is 1. The van der Waals surface area contributed by atoms with Gasteiger partial charge in [0, 0.05) is 16.3 Å². The van der Waals surface area contributed by atoms with E-state index in [1.807, 2.05) is 0 Å². The molecule has 0 unspecified atom stereocenters. The number of nitrogen functional groups attached to an aromatic ring is 1. The van der Waals surface area contributed by atoms with Crippen molar-refractivity contribution in [1.29, 1.82) is 0 Å². The number of nitrogens with two attached hydrogens (primary N) is 1. The number of carboxylic acid groups (broad SMARTS) is 1. The van der Waals surface area contributed by atoms with Gasteiger partial charge in [-0.1, -0.05) is 0 Å². The van der Waals surface area contributed by atoms with Crippen LogP contribution < -0.4 is 5.73 Å². The standard InChI is InChI=1S/C11H13NO4S/c1-16-10(13)4-5-17-9-6-7(11(14)15)2-3-8(9)12/h2-3,6H,4-5,12H2,1H3,(H,14,15). The van der Waals surface area contributed by atoms with Gasteiger partial charge >= 0.3 is 11.9 Å². The molecule has 17 heavy (non-hydrogen) atoms. The Morgan fingerprint density at radius 2 is 2.18 bits per heavy atom. The summed E-state index contributed by atoms with van der Waals surface area (Å²) in [6.07, 6.45) is 0.262. The minimum Gasteiger partial charge on any atom is -0.478 e. The maximum Gasteiger partial charge on any atom is 0.335 e. The summed E-state index contributed by atoms with van der Waals surface area (Å²) in [4.78, 5) is 22.3. The van der Waals surface area contributed by atoms with E-state index < -0.39 is 5.97 Å². The van der Waals surface area contributed by atoms with Gasteiger partial charge in [-0.2, -0.15) is 0 Å². The number of methoxy groups -OCH3 is 1. The molecular weight excluding hydrogens is 242 g/mol. The number of thioether (sulfide) groups is 1. The molecule has 92 valence electrons. The molecule has 5 nitrogen and oxygen atoms in total. The molecule has 0 saturated heterocycles. The Morgan fingerprint density at radius 3 is 2.76 bits per heavy atom. The summed E-state index contributed by atoms with van der Waals surface area (Å²) < 4.78 is 4.50. The molecule has 0 heterocycles. The van der Waals surface area contributed by atoms with Gasteiger partial charge in [0.1, 0.15) is 0 Å². The van der Waals surface area contributed by atoms with Crippen molar-refractivity contribution in [2.45, 2.75) is 11.3 Å². The number of aromatic carboxylic acids is 1. The van der Waals surface area contributed by atoms with Crippen LogP contribution in [0.3, 0.4) is 0 Å². The molecule has 0 saturated carbocycles. The molecule has 1 rings (SSSR count). The summed E-state index contributed by atoms with van der Waals surface area (Å²) in [5.41, 5.74) is 6.39. The fourth-order valence-corrected chi connectivity index (χ4v) is 2.07. The third-order valence-corrected chi connectivity index (χ3v) is 3.12. The summed E-state index contributed by atoms with van der Waals surface area (Å²) in [6.45, 7) is 0. The number of benzene rings is 1. The number of hydrogen-bond acceptors (Lipinski definition) is 5. The van der Waals surface area contributed by atoms with E-state index in [0.29, 0.717) is 16.3 Å². The molecule has 0 radical (unpaired) electrons. The van der Waals surface area contributed by atoms with Gasteiger partial charge in [0.2, 0.25) is 0 Å². The Hall–Kier alpha value is -1.69. The molecule has 0 aliphatic rings. The SMILES string of the molecule is COC(=O)CCSc1cc(C(=O)O)ccc1N. The first-order valence-corrected chi connectivity index (χ1v) is 5.85. The van der Waals surface area contributed by atoms with E-state index in [4.69, 9.17) is 10.8 Å². The fraction of sp³-hybridized carbons (Fsp3) is 0.273. The monoisotopic (exact) mass is 255 g/mol. The predicted molar refractivity (Wildman–Crippen MR) is 65.2 cm³/mol. The molecule has 0 fully saturated rings. The maximum absolute atomic E-state index is 10.9. The van der Waals surface area contributed by atoms with Crippen LogP contribution in [0.15, 0.2) is 23.1 Å². The van der Waals surface area contributed by atoms with Crippen LogP contribution in [0.1, 0.15) is 16.8 Å². The molecule has 1 aromatic carbocycles. The van der Waals surface area contributed by atoms with Crippen molar-refractivity contribution >= 4 is 29.4 Å². The van der Waals surface area contributed by atoms with E-state index in [1.165, 1.54) is 31.0 Å². The molecule has 6 heteroatoms. The van der Waals surface area contributed by atoms with E-state index in [0.717, 1.165) is 0 Å². The van der Waals surface area contributed by atoms with Gasteiger partial charge in [0.25, 0.3) is 0 Å². The third-order valence-electron chi connectivity index (χ3n) is 2.05. The van der Waals surface area contributed by atoms with E-state index in [2.05, 4.69) is 4.74 Å². The third kappa shape index (κ3) is 3.99. The number of carboxylic acids is 1. The highest BCUT2D eigenvalue weighted by Gasteiger charge is 2.08. The molecule has 0 aliphatic carbocycles. The van der Waals surface area contributed by atoms with E-state index >= 15 is 0 Å².